The fraction of sp³-hybridized carbons (Fsp3) is 0.500. The number of carbonyl (C=O) groups is 2. The van der Waals surface area contributed by atoms with Gasteiger partial charge in [-0.1, -0.05) is 32.9 Å². The van der Waals surface area contributed by atoms with Gasteiger partial charge in [-0.15, -0.1) is 0 Å². The molecule has 1 aliphatic rings. The summed E-state index contributed by atoms with van der Waals surface area (Å²) in [4.78, 5) is 29.4. The van der Waals surface area contributed by atoms with Gasteiger partial charge in [0.15, 0.2) is 11.5 Å². The van der Waals surface area contributed by atoms with Crippen molar-refractivity contribution in [2.24, 2.45) is 0 Å². The van der Waals surface area contributed by atoms with Crippen molar-refractivity contribution in [3.63, 3.8) is 0 Å². The quantitative estimate of drug-likeness (QED) is 0.517. The Morgan fingerprint density at radius 3 is 2.17 bits per heavy atom. The SMILES string of the molecule is COc1ccc(C(=O)N2CCCN(C(=O)CCCOc3ccc(C(C)(C)C)cc3)CC2)cc1OC. The van der Waals surface area contributed by atoms with E-state index in [1.54, 1.807) is 37.3 Å². The van der Waals surface area contributed by atoms with Gasteiger partial charge in [0, 0.05) is 38.2 Å². The summed E-state index contributed by atoms with van der Waals surface area (Å²) in [5.41, 5.74) is 1.93. The molecule has 1 heterocycles. The predicted octanol–water partition coefficient (Wildman–Crippen LogP) is 4.54. The van der Waals surface area contributed by atoms with Gasteiger partial charge in [-0.25, -0.2) is 0 Å². The van der Waals surface area contributed by atoms with Crippen LogP contribution in [-0.2, 0) is 10.2 Å². The highest BCUT2D eigenvalue weighted by Crippen LogP contribution is 2.28. The number of hydrogen-bond acceptors (Lipinski definition) is 5. The zero-order chi connectivity index (χ0) is 25.4. The minimum Gasteiger partial charge on any atom is -0.494 e. The standard InChI is InChI=1S/C28H38N2O5/c1-28(2,3)22-10-12-23(13-11-22)35-19-6-8-26(31)29-15-7-16-30(18-17-29)27(32)21-9-14-24(33-4)25(20-21)34-5/h9-14,20H,6-8,15-19H2,1-5H3. The monoisotopic (exact) mass is 482 g/mol. The largest absolute Gasteiger partial charge is 0.494 e. The van der Waals surface area contributed by atoms with Crippen molar-refractivity contribution >= 4 is 11.8 Å². The van der Waals surface area contributed by atoms with E-state index in [0.29, 0.717) is 62.7 Å². The molecule has 0 aliphatic carbocycles. The van der Waals surface area contributed by atoms with Crippen LogP contribution in [0, 0.1) is 0 Å². The van der Waals surface area contributed by atoms with E-state index in [4.69, 9.17) is 14.2 Å². The maximum Gasteiger partial charge on any atom is 0.254 e. The summed E-state index contributed by atoms with van der Waals surface area (Å²) < 4.78 is 16.4. The van der Waals surface area contributed by atoms with Gasteiger partial charge >= 0.3 is 0 Å². The summed E-state index contributed by atoms with van der Waals surface area (Å²) in [7, 11) is 3.12. The first-order valence-corrected chi connectivity index (χ1v) is 12.3. The minimum absolute atomic E-state index is 0.0638. The van der Waals surface area contributed by atoms with E-state index in [0.717, 1.165) is 12.2 Å². The molecule has 0 aromatic heterocycles. The molecular formula is C28H38N2O5. The molecule has 0 saturated carbocycles. The Kier molecular flexibility index (Phi) is 9.01. The fourth-order valence-electron chi connectivity index (χ4n) is 4.14. The number of benzene rings is 2. The van der Waals surface area contributed by atoms with E-state index in [-0.39, 0.29) is 17.2 Å². The minimum atomic E-state index is -0.0638. The van der Waals surface area contributed by atoms with Gasteiger partial charge in [0.05, 0.1) is 20.8 Å². The van der Waals surface area contributed by atoms with E-state index in [9.17, 15) is 9.59 Å². The Morgan fingerprint density at radius 1 is 0.857 bits per heavy atom. The van der Waals surface area contributed by atoms with Crippen LogP contribution >= 0.6 is 0 Å². The number of amides is 2. The van der Waals surface area contributed by atoms with Crippen molar-refractivity contribution in [1.82, 2.24) is 9.80 Å². The van der Waals surface area contributed by atoms with Crippen molar-refractivity contribution in [2.75, 3.05) is 47.0 Å². The van der Waals surface area contributed by atoms with Crippen LogP contribution < -0.4 is 14.2 Å². The van der Waals surface area contributed by atoms with Crippen LogP contribution in [0.3, 0.4) is 0 Å². The molecule has 35 heavy (non-hydrogen) atoms. The van der Waals surface area contributed by atoms with E-state index >= 15 is 0 Å². The molecule has 1 fully saturated rings. The van der Waals surface area contributed by atoms with Crippen LogP contribution in [0.1, 0.15) is 56.0 Å². The van der Waals surface area contributed by atoms with Crippen LogP contribution in [0.5, 0.6) is 17.2 Å². The maximum absolute atomic E-state index is 13.0. The summed E-state index contributed by atoms with van der Waals surface area (Å²) in [6, 6.07) is 13.3. The lowest BCUT2D eigenvalue weighted by Crippen LogP contribution is -2.37. The van der Waals surface area contributed by atoms with Gasteiger partial charge in [0.2, 0.25) is 5.91 Å². The van der Waals surface area contributed by atoms with Gasteiger partial charge in [-0.05, 0) is 54.2 Å². The molecule has 0 bridgehead atoms. The molecule has 0 unspecified atom stereocenters. The second-order valence-electron chi connectivity index (χ2n) is 9.82. The molecule has 3 rings (SSSR count). The first kappa shape index (κ1) is 26.4. The van der Waals surface area contributed by atoms with Gasteiger partial charge < -0.3 is 24.0 Å². The molecule has 2 aromatic carbocycles. The Hall–Kier alpha value is -3.22. The van der Waals surface area contributed by atoms with Crippen LogP contribution in [0.15, 0.2) is 42.5 Å². The van der Waals surface area contributed by atoms with Gasteiger partial charge in [0.25, 0.3) is 5.91 Å². The van der Waals surface area contributed by atoms with Crippen LogP contribution in [-0.4, -0.2) is 68.6 Å². The van der Waals surface area contributed by atoms with Gasteiger partial charge in [-0.3, -0.25) is 9.59 Å². The first-order valence-electron chi connectivity index (χ1n) is 12.3. The van der Waals surface area contributed by atoms with E-state index in [1.165, 1.54) is 5.56 Å². The highest BCUT2D eigenvalue weighted by Gasteiger charge is 2.23. The van der Waals surface area contributed by atoms with E-state index in [1.807, 2.05) is 17.0 Å². The van der Waals surface area contributed by atoms with Gasteiger partial charge in [0.1, 0.15) is 5.75 Å². The molecule has 0 N–H and O–H groups in total. The third kappa shape index (κ3) is 7.13. The number of nitrogens with zero attached hydrogens (tertiary/aromatic N) is 2. The summed E-state index contributed by atoms with van der Waals surface area (Å²) in [6.07, 6.45) is 1.84. The van der Waals surface area contributed by atoms with E-state index < -0.39 is 0 Å². The molecule has 1 aliphatic heterocycles. The van der Waals surface area contributed by atoms with Crippen molar-refractivity contribution in [1.29, 1.82) is 0 Å². The fourth-order valence-corrected chi connectivity index (χ4v) is 4.14. The average molecular weight is 483 g/mol. The zero-order valence-electron chi connectivity index (χ0n) is 21.6. The Balaban J connectivity index is 1.45. The summed E-state index contributed by atoms with van der Waals surface area (Å²) >= 11 is 0. The number of methoxy groups -OCH3 is 2. The molecule has 2 amide bonds. The highest BCUT2D eigenvalue weighted by molar-refractivity contribution is 5.95. The Bertz CT molecular complexity index is 997. The Labute approximate surface area is 209 Å². The summed E-state index contributed by atoms with van der Waals surface area (Å²) in [5.74, 6) is 1.98. The third-order valence-electron chi connectivity index (χ3n) is 6.29. The number of ether oxygens (including phenoxy) is 3. The topological polar surface area (TPSA) is 68.3 Å². The first-order chi connectivity index (χ1) is 16.7. The number of hydrogen-bond donors (Lipinski definition) is 0. The molecule has 1 saturated heterocycles. The second kappa shape index (κ2) is 12.0. The van der Waals surface area contributed by atoms with Crippen LogP contribution in [0.4, 0.5) is 0 Å². The maximum atomic E-state index is 13.0. The average Bonchev–Trinajstić information content (AvgIpc) is 3.12. The predicted molar refractivity (Wildman–Crippen MR) is 137 cm³/mol. The molecule has 0 atom stereocenters. The van der Waals surface area contributed by atoms with Crippen molar-refractivity contribution < 1.29 is 23.8 Å². The molecule has 2 aromatic rings. The summed E-state index contributed by atoms with van der Waals surface area (Å²) in [5, 5.41) is 0. The number of rotatable bonds is 8. The zero-order valence-corrected chi connectivity index (χ0v) is 21.6. The smallest absolute Gasteiger partial charge is 0.254 e. The molecule has 7 nitrogen and oxygen atoms in total. The molecule has 190 valence electrons. The normalized spacial score (nSPS) is 14.3. The van der Waals surface area contributed by atoms with Gasteiger partial charge in [-0.2, -0.15) is 0 Å². The summed E-state index contributed by atoms with van der Waals surface area (Å²) in [6.45, 7) is 9.36. The second-order valence-corrected chi connectivity index (χ2v) is 9.82. The van der Waals surface area contributed by atoms with Crippen molar-refractivity contribution in [3.8, 4) is 17.2 Å². The van der Waals surface area contributed by atoms with E-state index in [2.05, 4.69) is 32.9 Å². The van der Waals surface area contributed by atoms with Crippen molar-refractivity contribution in [3.05, 3.63) is 53.6 Å². The molecule has 0 spiro atoms. The highest BCUT2D eigenvalue weighted by atomic mass is 16.5. The lowest BCUT2D eigenvalue weighted by atomic mass is 9.87. The lowest BCUT2D eigenvalue weighted by molar-refractivity contribution is -0.131. The van der Waals surface area contributed by atoms with Crippen LogP contribution in [0.25, 0.3) is 0 Å². The van der Waals surface area contributed by atoms with Crippen molar-refractivity contribution in [2.45, 2.75) is 45.4 Å². The molecular weight excluding hydrogens is 444 g/mol. The third-order valence-corrected chi connectivity index (χ3v) is 6.29. The Morgan fingerprint density at radius 2 is 1.51 bits per heavy atom. The van der Waals surface area contributed by atoms with Crippen LogP contribution in [0.2, 0.25) is 0 Å². The molecule has 0 radical (unpaired) electrons. The molecule has 7 heteroatoms. The lowest BCUT2D eigenvalue weighted by Gasteiger charge is -2.22. The number of carbonyl (C=O) groups excluding carboxylic acids is 2.